The van der Waals surface area contributed by atoms with Crippen molar-refractivity contribution in [2.45, 2.75) is 16.9 Å². The smallest absolute Gasteiger partial charge is 0.261 e. The van der Waals surface area contributed by atoms with Gasteiger partial charge in [-0.3, -0.25) is 13.8 Å². The van der Waals surface area contributed by atoms with Gasteiger partial charge in [-0.05, 0) is 67.1 Å². The molecule has 5 N–H and O–H groups in total. The van der Waals surface area contributed by atoms with Gasteiger partial charge in [-0.15, -0.1) is 0 Å². The second-order valence-electron chi connectivity index (χ2n) is 10.0. The molecule has 0 saturated carbocycles. The molecule has 1 unspecified atom stereocenters. The van der Waals surface area contributed by atoms with E-state index in [-0.39, 0.29) is 23.9 Å². The van der Waals surface area contributed by atoms with E-state index in [0.29, 0.717) is 40.3 Å². The fraction of sp³-hybridized carbons (Fsp3) is 0.167. The van der Waals surface area contributed by atoms with Crippen molar-refractivity contribution in [1.29, 1.82) is 0 Å². The Morgan fingerprint density at radius 3 is 2.33 bits per heavy atom. The molecule has 0 aromatic heterocycles. The van der Waals surface area contributed by atoms with Gasteiger partial charge in [0.2, 0.25) is 10.0 Å². The second kappa shape index (κ2) is 11.5. The van der Waals surface area contributed by atoms with Gasteiger partial charge < -0.3 is 16.4 Å². The average molecular weight is 606 g/mol. The zero-order valence-electron chi connectivity index (χ0n) is 22.8. The van der Waals surface area contributed by atoms with E-state index in [0.717, 1.165) is 6.26 Å². The highest BCUT2D eigenvalue weighted by molar-refractivity contribution is 7.92. The van der Waals surface area contributed by atoms with Gasteiger partial charge in [0.25, 0.3) is 15.9 Å². The first-order valence-electron chi connectivity index (χ1n) is 13.2. The number of allylic oxidation sites excluding steroid dienone is 2. The van der Waals surface area contributed by atoms with Crippen LogP contribution in [0, 0.1) is 0 Å². The lowest BCUT2D eigenvalue weighted by Crippen LogP contribution is -2.35. The van der Waals surface area contributed by atoms with Crippen molar-refractivity contribution in [3.63, 3.8) is 0 Å². The van der Waals surface area contributed by atoms with E-state index in [9.17, 15) is 21.6 Å². The number of rotatable bonds is 10. The molecule has 3 aromatic rings. The molecule has 2 aliphatic rings. The number of hydrogen-bond acceptors (Lipinski definition) is 7. The molecular weight excluding hydrogens is 574 g/mol. The van der Waals surface area contributed by atoms with Crippen LogP contribution in [-0.2, 0) is 24.8 Å². The number of anilines is 4. The van der Waals surface area contributed by atoms with Gasteiger partial charge in [0, 0.05) is 41.3 Å². The number of benzene rings is 3. The van der Waals surface area contributed by atoms with Gasteiger partial charge in [0.1, 0.15) is 0 Å². The summed E-state index contributed by atoms with van der Waals surface area (Å²) in [6, 6.07) is 19.9. The van der Waals surface area contributed by atoms with Gasteiger partial charge in [-0.25, -0.2) is 16.8 Å². The summed E-state index contributed by atoms with van der Waals surface area (Å²) in [4.78, 5) is 13.3. The topological polar surface area (TPSA) is 151 Å². The maximum atomic E-state index is 13.1. The molecule has 5 rings (SSSR count). The van der Waals surface area contributed by atoms with E-state index >= 15 is 0 Å². The highest BCUT2D eigenvalue weighted by atomic mass is 32.2. The molecule has 218 valence electrons. The number of nitrogens with one attached hydrogen (secondary N) is 3. The Labute approximate surface area is 245 Å². The van der Waals surface area contributed by atoms with Crippen molar-refractivity contribution in [2.24, 2.45) is 5.73 Å². The molecule has 1 aliphatic heterocycles. The number of hydrogen-bond donors (Lipinski definition) is 4. The minimum Gasteiger partial charge on any atom is -0.372 e. The molecule has 1 heterocycles. The monoisotopic (exact) mass is 605 g/mol. The van der Waals surface area contributed by atoms with Gasteiger partial charge >= 0.3 is 0 Å². The molecule has 0 spiro atoms. The first-order valence-corrected chi connectivity index (χ1v) is 16.5. The first kappa shape index (κ1) is 29.1. The van der Waals surface area contributed by atoms with Crippen molar-refractivity contribution in [3.8, 4) is 0 Å². The lowest BCUT2D eigenvalue weighted by molar-refractivity contribution is -0.110. The fourth-order valence-electron chi connectivity index (χ4n) is 4.92. The Balaban J connectivity index is 1.46. The molecule has 10 nitrogen and oxygen atoms in total. The number of nitrogens with two attached hydrogens (primary N) is 1. The quantitative estimate of drug-likeness (QED) is 0.256. The van der Waals surface area contributed by atoms with Crippen LogP contribution in [0.25, 0.3) is 5.57 Å². The third-order valence-electron chi connectivity index (χ3n) is 6.87. The van der Waals surface area contributed by atoms with Crippen LogP contribution in [0.3, 0.4) is 0 Å². The Hall–Kier alpha value is -4.39. The van der Waals surface area contributed by atoms with E-state index in [4.69, 9.17) is 5.73 Å². The molecule has 12 heteroatoms. The van der Waals surface area contributed by atoms with Crippen LogP contribution in [0.1, 0.15) is 12.0 Å². The molecule has 1 amide bonds. The largest absolute Gasteiger partial charge is 0.372 e. The van der Waals surface area contributed by atoms with Gasteiger partial charge in [-0.1, -0.05) is 42.5 Å². The Morgan fingerprint density at radius 1 is 0.976 bits per heavy atom. The first-order chi connectivity index (χ1) is 20.0. The van der Waals surface area contributed by atoms with Crippen LogP contribution in [0.4, 0.5) is 22.7 Å². The van der Waals surface area contributed by atoms with Crippen LogP contribution in [0.5, 0.6) is 0 Å². The van der Waals surface area contributed by atoms with Crippen molar-refractivity contribution < 1.29 is 21.6 Å². The Morgan fingerprint density at radius 2 is 1.69 bits per heavy atom. The molecule has 0 radical (unpaired) electrons. The second-order valence-corrected chi connectivity index (χ2v) is 13.6. The lowest BCUT2D eigenvalue weighted by Gasteiger charge is -2.31. The van der Waals surface area contributed by atoms with E-state index in [1.165, 1.54) is 16.4 Å². The van der Waals surface area contributed by atoms with Crippen LogP contribution >= 0.6 is 0 Å². The number of amides is 1. The average Bonchev–Trinajstić information content (AvgIpc) is 3.26. The van der Waals surface area contributed by atoms with E-state index in [1.807, 2.05) is 30.4 Å². The lowest BCUT2D eigenvalue weighted by atomic mass is 9.87. The van der Waals surface area contributed by atoms with Gasteiger partial charge in [0.15, 0.2) is 0 Å². The van der Waals surface area contributed by atoms with Crippen LogP contribution < -0.4 is 25.4 Å². The minimum atomic E-state index is -3.82. The Bertz CT molecular complexity index is 1800. The predicted molar refractivity (Wildman–Crippen MR) is 167 cm³/mol. The maximum absolute atomic E-state index is 13.1. The normalized spacial score (nSPS) is 18.9. The van der Waals surface area contributed by atoms with Gasteiger partial charge in [0.05, 0.1) is 22.4 Å². The molecular formula is C30H31N5O5S2. The maximum Gasteiger partial charge on any atom is 0.261 e. The number of sulfonamides is 2. The zero-order valence-corrected chi connectivity index (χ0v) is 24.5. The third-order valence-corrected chi connectivity index (χ3v) is 9.46. The number of carbonyl (C=O) groups excluding carboxylic acids is 1. The molecule has 0 bridgehead atoms. The summed E-state index contributed by atoms with van der Waals surface area (Å²) in [5, 5.41) is 6.34. The van der Waals surface area contributed by atoms with E-state index in [2.05, 4.69) is 15.4 Å². The highest BCUT2D eigenvalue weighted by Gasteiger charge is 2.32. The standard InChI is InChI=1S/C30H31N5O5S2/c1-41(37,38)35(19-18-31)24-13-10-22(11-14-24)33-30(16-6-3-7-17-30)21-27-26-20-23(12-15-28(26)32-29(27)36)34-42(39,40)25-8-4-2-5-9-25/h2-16,20-21,33-34H,17-19,31H2,1H3,(H,32,36)/b27-21-. The van der Waals surface area contributed by atoms with Crippen molar-refractivity contribution >= 4 is 54.3 Å². The fourth-order valence-corrected chi connectivity index (χ4v) is 6.93. The number of carbonyl (C=O) groups is 1. The minimum absolute atomic E-state index is 0.131. The summed E-state index contributed by atoms with van der Waals surface area (Å²) in [5.74, 6) is -0.307. The summed E-state index contributed by atoms with van der Waals surface area (Å²) in [6.45, 7) is 0.340. The van der Waals surface area contributed by atoms with Crippen LogP contribution in [0.15, 0.2) is 108 Å². The summed E-state index contributed by atoms with van der Waals surface area (Å²) >= 11 is 0. The third kappa shape index (κ3) is 6.25. The number of nitrogens with zero attached hydrogens (tertiary/aromatic N) is 1. The van der Waals surface area contributed by atoms with Crippen molar-refractivity contribution in [3.05, 3.63) is 109 Å². The molecule has 0 fully saturated rings. The van der Waals surface area contributed by atoms with E-state index < -0.39 is 25.6 Å². The summed E-state index contributed by atoms with van der Waals surface area (Å²) in [7, 11) is -7.32. The molecule has 3 aromatic carbocycles. The summed E-state index contributed by atoms with van der Waals surface area (Å²) < 4.78 is 54.1. The molecule has 42 heavy (non-hydrogen) atoms. The number of fused-ring (bicyclic) bond motifs is 1. The molecule has 1 aliphatic carbocycles. The predicted octanol–water partition coefficient (Wildman–Crippen LogP) is 3.91. The van der Waals surface area contributed by atoms with Crippen LogP contribution in [-0.4, -0.2) is 47.6 Å². The summed E-state index contributed by atoms with van der Waals surface area (Å²) in [6.07, 6.45) is 11.2. The molecule has 1 atom stereocenters. The SMILES string of the molecule is CS(=O)(=O)N(CCN)c1ccc(NC2(/C=C3\C(=O)Nc4ccc(NS(=O)(=O)c5ccccc5)cc43)C=CC=CC2)cc1. The van der Waals surface area contributed by atoms with Crippen molar-refractivity contribution in [2.75, 3.05) is 39.0 Å². The summed E-state index contributed by atoms with van der Waals surface area (Å²) in [5.41, 5.74) is 7.88. The Kier molecular flexibility index (Phi) is 7.95. The zero-order chi connectivity index (χ0) is 30.0. The van der Waals surface area contributed by atoms with Crippen LogP contribution in [0.2, 0.25) is 0 Å². The van der Waals surface area contributed by atoms with Crippen molar-refractivity contribution in [1.82, 2.24) is 0 Å². The van der Waals surface area contributed by atoms with E-state index in [1.54, 1.807) is 60.7 Å². The highest BCUT2D eigenvalue weighted by Crippen LogP contribution is 2.38. The van der Waals surface area contributed by atoms with Gasteiger partial charge in [-0.2, -0.15) is 0 Å². The molecule has 0 saturated heterocycles.